The van der Waals surface area contributed by atoms with Gasteiger partial charge in [-0.25, -0.2) is 4.39 Å². The van der Waals surface area contributed by atoms with Crippen LogP contribution in [0.5, 0.6) is 0 Å². The van der Waals surface area contributed by atoms with Crippen LogP contribution in [-0.2, 0) is 9.53 Å². The molecule has 1 rings (SSSR count). The number of benzene rings is 1. The molecule has 0 saturated heterocycles. The van der Waals surface area contributed by atoms with Gasteiger partial charge in [-0.15, -0.1) is 11.8 Å². The van der Waals surface area contributed by atoms with Crippen molar-refractivity contribution in [3.63, 3.8) is 0 Å². The van der Waals surface area contributed by atoms with E-state index in [-0.39, 0.29) is 11.7 Å². The molecule has 0 bridgehead atoms. The van der Waals surface area contributed by atoms with E-state index in [9.17, 15) is 14.3 Å². The molecular weight excluding hydrogens is 243 g/mol. The van der Waals surface area contributed by atoms with Gasteiger partial charge < -0.3 is 9.84 Å². The Hall–Kier alpha value is -1.07. The van der Waals surface area contributed by atoms with Crippen LogP contribution in [0, 0.1) is 5.82 Å². The van der Waals surface area contributed by atoms with Crippen LogP contribution in [0.3, 0.4) is 0 Å². The summed E-state index contributed by atoms with van der Waals surface area (Å²) in [5.41, 5.74) is 0.517. The molecule has 0 aromatic heterocycles. The Labute approximate surface area is 104 Å². The van der Waals surface area contributed by atoms with E-state index < -0.39 is 11.9 Å². The van der Waals surface area contributed by atoms with Gasteiger partial charge in [-0.1, -0.05) is 6.07 Å². The van der Waals surface area contributed by atoms with Crippen molar-refractivity contribution in [3.8, 4) is 0 Å². The van der Waals surface area contributed by atoms with Crippen LogP contribution in [-0.4, -0.2) is 23.4 Å². The average molecular weight is 258 g/mol. The van der Waals surface area contributed by atoms with Crippen LogP contribution in [0.15, 0.2) is 23.1 Å². The maximum Gasteiger partial charge on any atom is 0.316 e. The molecule has 1 aromatic carbocycles. The molecular formula is C12H15FO3S. The number of aliphatic hydroxyl groups is 1. The van der Waals surface area contributed by atoms with Gasteiger partial charge in [0.2, 0.25) is 0 Å². The molecule has 1 atom stereocenters. The van der Waals surface area contributed by atoms with Gasteiger partial charge in [0.25, 0.3) is 0 Å². The van der Waals surface area contributed by atoms with Gasteiger partial charge in [0.1, 0.15) is 5.82 Å². The second-order valence-corrected chi connectivity index (χ2v) is 4.48. The van der Waals surface area contributed by atoms with E-state index in [1.807, 2.05) is 0 Å². The second kappa shape index (κ2) is 6.61. The largest absolute Gasteiger partial charge is 0.465 e. The minimum atomic E-state index is -0.700. The fraction of sp³-hybridized carbons (Fsp3) is 0.417. The van der Waals surface area contributed by atoms with Crippen molar-refractivity contribution in [2.24, 2.45) is 0 Å². The molecule has 0 heterocycles. The molecule has 0 unspecified atom stereocenters. The van der Waals surface area contributed by atoms with E-state index in [0.717, 1.165) is 11.8 Å². The maximum atomic E-state index is 13.6. The highest BCUT2D eigenvalue weighted by molar-refractivity contribution is 8.00. The van der Waals surface area contributed by atoms with Gasteiger partial charge in [-0.3, -0.25) is 4.79 Å². The lowest BCUT2D eigenvalue weighted by atomic mass is 10.1. The summed E-state index contributed by atoms with van der Waals surface area (Å²) in [5, 5.41) is 9.28. The molecule has 0 saturated carbocycles. The lowest BCUT2D eigenvalue weighted by molar-refractivity contribution is -0.139. The van der Waals surface area contributed by atoms with E-state index in [2.05, 4.69) is 0 Å². The van der Waals surface area contributed by atoms with E-state index in [4.69, 9.17) is 4.74 Å². The molecule has 0 fully saturated rings. The molecule has 0 aliphatic carbocycles. The molecule has 1 N–H and O–H groups in total. The Morgan fingerprint density at radius 1 is 1.59 bits per heavy atom. The van der Waals surface area contributed by atoms with Gasteiger partial charge in [-0.05, 0) is 31.5 Å². The first-order valence-corrected chi connectivity index (χ1v) is 6.29. The first-order chi connectivity index (χ1) is 8.04. The van der Waals surface area contributed by atoms with Crippen molar-refractivity contribution >= 4 is 17.7 Å². The maximum absolute atomic E-state index is 13.6. The topological polar surface area (TPSA) is 46.5 Å². The number of hydrogen-bond acceptors (Lipinski definition) is 4. The highest BCUT2D eigenvalue weighted by Gasteiger charge is 2.09. The molecule has 17 heavy (non-hydrogen) atoms. The number of aliphatic hydroxyl groups excluding tert-OH is 1. The molecule has 3 nitrogen and oxygen atoms in total. The molecule has 0 aliphatic rings. The summed E-state index contributed by atoms with van der Waals surface area (Å²) in [5.74, 6) is -0.715. The zero-order chi connectivity index (χ0) is 12.8. The first kappa shape index (κ1) is 14.0. The number of hydrogen-bond donors (Lipinski definition) is 1. The normalized spacial score (nSPS) is 12.2. The molecule has 1 aromatic rings. The van der Waals surface area contributed by atoms with Crippen molar-refractivity contribution < 1.29 is 19.0 Å². The minimum absolute atomic E-state index is 0.0821. The van der Waals surface area contributed by atoms with Crippen LogP contribution in [0.4, 0.5) is 4.39 Å². The second-order valence-electron chi connectivity index (χ2n) is 3.46. The van der Waals surface area contributed by atoms with Crippen LogP contribution in [0.25, 0.3) is 0 Å². The van der Waals surface area contributed by atoms with Gasteiger partial charge in [-0.2, -0.15) is 0 Å². The first-order valence-electron chi connectivity index (χ1n) is 5.30. The third-order valence-electron chi connectivity index (χ3n) is 2.09. The smallest absolute Gasteiger partial charge is 0.316 e. The third-order valence-corrected chi connectivity index (χ3v) is 3.11. The van der Waals surface area contributed by atoms with Crippen molar-refractivity contribution in [1.82, 2.24) is 0 Å². The summed E-state index contributed by atoms with van der Waals surface area (Å²) in [7, 11) is 0. The molecule has 0 spiro atoms. The third kappa shape index (κ3) is 4.36. The standard InChI is InChI=1S/C12H15FO3S/c1-3-16-12(15)7-17-11-5-4-9(8(2)14)6-10(11)13/h4-6,8,14H,3,7H2,1-2H3/t8-/m0/s1. The number of halogens is 1. The Balaban J connectivity index is 2.63. The summed E-state index contributed by atoms with van der Waals surface area (Å²) >= 11 is 1.08. The molecule has 5 heteroatoms. The fourth-order valence-electron chi connectivity index (χ4n) is 1.23. The number of esters is 1. The molecule has 0 amide bonds. The number of carbonyl (C=O) groups is 1. The zero-order valence-electron chi connectivity index (χ0n) is 9.77. The number of carbonyl (C=O) groups excluding carboxylic acids is 1. The van der Waals surface area contributed by atoms with Crippen molar-refractivity contribution in [2.75, 3.05) is 12.4 Å². The number of rotatable bonds is 5. The quantitative estimate of drug-likeness (QED) is 0.651. The summed E-state index contributed by atoms with van der Waals surface area (Å²) in [6, 6.07) is 4.47. The van der Waals surface area contributed by atoms with E-state index in [1.54, 1.807) is 26.0 Å². The monoisotopic (exact) mass is 258 g/mol. The fourth-order valence-corrected chi connectivity index (χ4v) is 1.95. The summed E-state index contributed by atoms with van der Waals surface area (Å²) < 4.78 is 18.3. The van der Waals surface area contributed by atoms with Crippen LogP contribution < -0.4 is 0 Å². The summed E-state index contributed by atoms with van der Waals surface area (Å²) in [6.45, 7) is 3.61. The Bertz CT molecular complexity index is 393. The predicted molar refractivity (Wildman–Crippen MR) is 64.4 cm³/mol. The van der Waals surface area contributed by atoms with E-state index in [1.165, 1.54) is 6.07 Å². The lowest BCUT2D eigenvalue weighted by Gasteiger charge is -2.07. The van der Waals surface area contributed by atoms with E-state index in [0.29, 0.717) is 17.1 Å². The molecule has 0 radical (unpaired) electrons. The van der Waals surface area contributed by atoms with Crippen LogP contribution in [0.2, 0.25) is 0 Å². The van der Waals surface area contributed by atoms with Gasteiger partial charge in [0.05, 0.1) is 18.5 Å². The zero-order valence-corrected chi connectivity index (χ0v) is 10.6. The van der Waals surface area contributed by atoms with Crippen molar-refractivity contribution in [1.29, 1.82) is 0 Å². The van der Waals surface area contributed by atoms with E-state index >= 15 is 0 Å². The minimum Gasteiger partial charge on any atom is -0.465 e. The van der Waals surface area contributed by atoms with Gasteiger partial charge in [0.15, 0.2) is 0 Å². The average Bonchev–Trinajstić information content (AvgIpc) is 2.27. The van der Waals surface area contributed by atoms with Gasteiger partial charge in [0, 0.05) is 4.90 Å². The van der Waals surface area contributed by atoms with Crippen LogP contribution >= 0.6 is 11.8 Å². The van der Waals surface area contributed by atoms with Crippen molar-refractivity contribution in [3.05, 3.63) is 29.6 Å². The molecule has 0 aliphatic heterocycles. The summed E-state index contributed by atoms with van der Waals surface area (Å²) in [6.07, 6.45) is -0.700. The number of thioether (sulfide) groups is 1. The Morgan fingerprint density at radius 2 is 2.29 bits per heavy atom. The highest BCUT2D eigenvalue weighted by atomic mass is 32.2. The van der Waals surface area contributed by atoms with Gasteiger partial charge >= 0.3 is 5.97 Å². The van der Waals surface area contributed by atoms with Crippen molar-refractivity contribution in [2.45, 2.75) is 24.8 Å². The predicted octanol–water partition coefficient (Wildman–Crippen LogP) is 2.53. The Morgan fingerprint density at radius 3 is 2.82 bits per heavy atom. The highest BCUT2D eigenvalue weighted by Crippen LogP contribution is 2.24. The number of ether oxygens (including phenoxy) is 1. The van der Waals surface area contributed by atoms with Crippen LogP contribution in [0.1, 0.15) is 25.5 Å². The lowest BCUT2D eigenvalue weighted by Crippen LogP contribution is -2.06. The molecule has 94 valence electrons. The summed E-state index contributed by atoms with van der Waals surface area (Å²) in [4.78, 5) is 11.5. The SMILES string of the molecule is CCOC(=O)CSc1ccc([C@H](C)O)cc1F. The Kier molecular flexibility index (Phi) is 5.44.